The van der Waals surface area contributed by atoms with Gasteiger partial charge in [-0.1, -0.05) is 31.4 Å². The van der Waals surface area contributed by atoms with E-state index in [1.54, 1.807) is 12.1 Å². The second-order valence-electron chi connectivity index (χ2n) is 4.89. The molecule has 0 saturated carbocycles. The lowest BCUT2D eigenvalue weighted by Gasteiger charge is -2.06. The number of aromatic amines is 1. The van der Waals surface area contributed by atoms with Crippen LogP contribution in [0.1, 0.15) is 32.6 Å². The van der Waals surface area contributed by atoms with Gasteiger partial charge in [-0.3, -0.25) is 9.36 Å². The molecule has 0 aliphatic carbocycles. The van der Waals surface area contributed by atoms with Crippen molar-refractivity contribution in [3.63, 3.8) is 0 Å². The molecule has 2 aromatic rings. The van der Waals surface area contributed by atoms with E-state index in [0.29, 0.717) is 35.8 Å². The molecule has 2 N–H and O–H groups in total. The third-order valence-corrected chi connectivity index (χ3v) is 3.46. The minimum atomic E-state index is -0.250. The van der Waals surface area contributed by atoms with Crippen LogP contribution in [-0.2, 0) is 11.3 Å². The second kappa shape index (κ2) is 7.26. The van der Waals surface area contributed by atoms with Gasteiger partial charge in [0.2, 0.25) is 5.91 Å². The van der Waals surface area contributed by atoms with E-state index in [9.17, 15) is 9.59 Å². The fourth-order valence-corrected chi connectivity index (χ4v) is 2.29. The molecule has 0 aromatic carbocycles. The van der Waals surface area contributed by atoms with Gasteiger partial charge in [0.25, 0.3) is 0 Å². The Kier molecular flexibility index (Phi) is 5.38. The summed E-state index contributed by atoms with van der Waals surface area (Å²) in [7, 11) is 0. The number of hydrogen-bond donors (Lipinski definition) is 2. The molecule has 21 heavy (non-hydrogen) atoms. The Morgan fingerprint density at radius 2 is 2.24 bits per heavy atom. The smallest absolute Gasteiger partial charge is 0.327 e. The number of carbonyl (C=O) groups excluding carboxylic acids is 1. The quantitative estimate of drug-likeness (QED) is 0.607. The summed E-state index contributed by atoms with van der Waals surface area (Å²) in [5, 5.41) is 3.15. The molecule has 2 heterocycles. The molecule has 0 bridgehead atoms. The summed E-state index contributed by atoms with van der Waals surface area (Å²) in [5.41, 5.74) is 0.895. The first-order valence-corrected chi connectivity index (χ1v) is 7.51. The summed E-state index contributed by atoms with van der Waals surface area (Å²) in [6.07, 6.45) is 3.56. The molecule has 0 unspecified atom stereocenters. The van der Waals surface area contributed by atoms with Crippen molar-refractivity contribution in [1.82, 2.24) is 19.9 Å². The summed E-state index contributed by atoms with van der Waals surface area (Å²) >= 11 is 5.85. The monoisotopic (exact) mass is 310 g/mol. The van der Waals surface area contributed by atoms with Crippen molar-refractivity contribution in [3.05, 3.63) is 27.8 Å². The lowest BCUT2D eigenvalue weighted by atomic mass is 10.2. The van der Waals surface area contributed by atoms with Crippen LogP contribution in [-0.4, -0.2) is 27.0 Å². The Morgan fingerprint density at radius 1 is 1.43 bits per heavy atom. The van der Waals surface area contributed by atoms with E-state index in [1.807, 2.05) is 0 Å². The maximum absolute atomic E-state index is 11.8. The highest BCUT2D eigenvalue weighted by Gasteiger charge is 2.09. The summed E-state index contributed by atoms with van der Waals surface area (Å²) in [6.45, 7) is 2.86. The van der Waals surface area contributed by atoms with E-state index in [2.05, 4.69) is 22.2 Å². The highest BCUT2D eigenvalue weighted by molar-refractivity contribution is 6.29. The number of imidazole rings is 1. The maximum atomic E-state index is 11.8. The number of amides is 1. The van der Waals surface area contributed by atoms with Crippen LogP contribution in [0.25, 0.3) is 11.2 Å². The highest BCUT2D eigenvalue weighted by Crippen LogP contribution is 2.11. The average Bonchev–Trinajstić information content (AvgIpc) is 2.75. The zero-order valence-corrected chi connectivity index (χ0v) is 12.7. The van der Waals surface area contributed by atoms with Gasteiger partial charge in [-0.25, -0.2) is 9.78 Å². The van der Waals surface area contributed by atoms with E-state index in [1.165, 1.54) is 4.57 Å². The molecule has 0 aliphatic heterocycles. The number of rotatable bonds is 7. The van der Waals surface area contributed by atoms with E-state index in [4.69, 9.17) is 11.6 Å². The molecule has 0 aliphatic rings. The number of carbonyl (C=O) groups is 1. The zero-order valence-electron chi connectivity index (χ0n) is 12.0. The van der Waals surface area contributed by atoms with Crippen molar-refractivity contribution in [3.8, 4) is 0 Å². The molecule has 2 rings (SSSR count). The third kappa shape index (κ3) is 4.07. The molecule has 0 fully saturated rings. The number of halogens is 1. The normalized spacial score (nSPS) is 11.0. The summed E-state index contributed by atoms with van der Waals surface area (Å²) in [4.78, 5) is 30.3. The number of unbranched alkanes of at least 4 members (excludes halogenated alkanes) is 2. The van der Waals surface area contributed by atoms with Crippen LogP contribution in [0.15, 0.2) is 16.9 Å². The van der Waals surface area contributed by atoms with Crippen molar-refractivity contribution in [2.24, 2.45) is 0 Å². The SMILES string of the molecule is CCCCCC(=O)NCCn1c(=O)[nH]c2ccc(Cl)nc21. The Hall–Kier alpha value is -1.82. The van der Waals surface area contributed by atoms with Gasteiger partial charge in [-0.05, 0) is 18.6 Å². The van der Waals surface area contributed by atoms with Gasteiger partial charge in [-0.15, -0.1) is 0 Å². The number of pyridine rings is 1. The van der Waals surface area contributed by atoms with Crippen molar-refractivity contribution in [2.45, 2.75) is 39.2 Å². The van der Waals surface area contributed by atoms with Crippen LogP contribution in [0.5, 0.6) is 0 Å². The molecular weight excluding hydrogens is 292 g/mol. The second-order valence-corrected chi connectivity index (χ2v) is 5.28. The minimum Gasteiger partial charge on any atom is -0.354 e. The molecule has 2 aromatic heterocycles. The summed E-state index contributed by atoms with van der Waals surface area (Å²) in [6, 6.07) is 3.34. The fraction of sp³-hybridized carbons (Fsp3) is 0.500. The molecule has 6 nitrogen and oxygen atoms in total. The molecule has 1 amide bonds. The molecule has 0 atom stereocenters. The van der Waals surface area contributed by atoms with Gasteiger partial charge in [0.1, 0.15) is 5.15 Å². The molecule has 0 saturated heterocycles. The minimum absolute atomic E-state index is 0.0160. The van der Waals surface area contributed by atoms with E-state index >= 15 is 0 Å². The Morgan fingerprint density at radius 3 is 3.00 bits per heavy atom. The standard InChI is InChI=1S/C14H19ClN4O2/c1-2-3-4-5-12(20)16-8-9-19-13-10(17-14(19)21)6-7-11(15)18-13/h6-7H,2-5,8-9H2,1H3,(H,16,20)(H,17,21). The number of H-pyrrole nitrogens is 1. The number of aromatic nitrogens is 3. The Balaban J connectivity index is 1.94. The molecule has 0 radical (unpaired) electrons. The van der Waals surface area contributed by atoms with Crippen LogP contribution in [0.4, 0.5) is 0 Å². The maximum Gasteiger partial charge on any atom is 0.327 e. The predicted octanol–water partition coefficient (Wildman–Crippen LogP) is 2.07. The fourth-order valence-electron chi connectivity index (χ4n) is 2.15. The van der Waals surface area contributed by atoms with Gasteiger partial charge in [0, 0.05) is 19.5 Å². The lowest BCUT2D eigenvalue weighted by molar-refractivity contribution is -0.121. The lowest BCUT2D eigenvalue weighted by Crippen LogP contribution is -2.30. The van der Waals surface area contributed by atoms with Crippen molar-refractivity contribution < 1.29 is 4.79 Å². The van der Waals surface area contributed by atoms with Gasteiger partial charge in [-0.2, -0.15) is 0 Å². The van der Waals surface area contributed by atoms with Crippen molar-refractivity contribution in [1.29, 1.82) is 0 Å². The van der Waals surface area contributed by atoms with E-state index in [0.717, 1.165) is 19.3 Å². The highest BCUT2D eigenvalue weighted by atomic mass is 35.5. The number of nitrogens with zero attached hydrogens (tertiary/aromatic N) is 2. The van der Waals surface area contributed by atoms with Gasteiger partial charge in [0.15, 0.2) is 5.65 Å². The summed E-state index contributed by atoms with van der Waals surface area (Å²) in [5.74, 6) is 0.0160. The first kappa shape index (κ1) is 15.6. The Bertz CT molecular complexity index is 677. The first-order chi connectivity index (χ1) is 10.1. The molecule has 114 valence electrons. The number of fused-ring (bicyclic) bond motifs is 1. The van der Waals surface area contributed by atoms with Gasteiger partial charge < -0.3 is 10.3 Å². The van der Waals surface area contributed by atoms with Crippen LogP contribution in [0.2, 0.25) is 5.15 Å². The van der Waals surface area contributed by atoms with Crippen molar-refractivity contribution in [2.75, 3.05) is 6.54 Å². The predicted molar refractivity (Wildman–Crippen MR) is 82.5 cm³/mol. The molecular formula is C14H19ClN4O2. The van der Waals surface area contributed by atoms with E-state index in [-0.39, 0.29) is 11.6 Å². The summed E-state index contributed by atoms with van der Waals surface area (Å²) < 4.78 is 1.48. The van der Waals surface area contributed by atoms with Crippen LogP contribution >= 0.6 is 11.6 Å². The van der Waals surface area contributed by atoms with Crippen molar-refractivity contribution >= 4 is 28.7 Å². The topological polar surface area (TPSA) is 79.8 Å². The molecule has 7 heteroatoms. The first-order valence-electron chi connectivity index (χ1n) is 7.13. The number of hydrogen-bond acceptors (Lipinski definition) is 3. The van der Waals surface area contributed by atoms with Crippen LogP contribution < -0.4 is 11.0 Å². The zero-order chi connectivity index (χ0) is 15.2. The van der Waals surface area contributed by atoms with E-state index < -0.39 is 0 Å². The third-order valence-electron chi connectivity index (χ3n) is 3.25. The average molecular weight is 311 g/mol. The molecule has 0 spiro atoms. The number of nitrogens with one attached hydrogen (secondary N) is 2. The van der Waals surface area contributed by atoms with Crippen LogP contribution in [0.3, 0.4) is 0 Å². The largest absolute Gasteiger partial charge is 0.354 e. The van der Waals surface area contributed by atoms with Gasteiger partial charge >= 0.3 is 5.69 Å². The van der Waals surface area contributed by atoms with Crippen LogP contribution in [0, 0.1) is 0 Å². The van der Waals surface area contributed by atoms with Gasteiger partial charge in [0.05, 0.1) is 5.52 Å². The Labute approximate surface area is 127 Å².